The maximum absolute atomic E-state index is 12.8. The first-order chi connectivity index (χ1) is 15.8. The quantitative estimate of drug-likeness (QED) is 0.413. The van der Waals surface area contributed by atoms with E-state index in [4.69, 9.17) is 0 Å². The van der Waals surface area contributed by atoms with Gasteiger partial charge in [-0.1, -0.05) is 38.1 Å². The van der Waals surface area contributed by atoms with Gasteiger partial charge < -0.3 is 9.80 Å². The lowest BCUT2D eigenvalue weighted by Gasteiger charge is -2.33. The number of nitrogens with zero attached hydrogens (tertiary/aromatic N) is 4. The highest BCUT2D eigenvalue weighted by Gasteiger charge is 2.24. The number of nitrogens with one attached hydrogen (secondary N) is 1. The molecule has 1 aliphatic heterocycles. The molecule has 33 heavy (non-hydrogen) atoms. The molecule has 3 aromatic rings. The smallest absolute Gasteiger partial charge is 0.293 e. The van der Waals surface area contributed by atoms with Crippen molar-refractivity contribution < 1.29 is 9.72 Å². The summed E-state index contributed by atoms with van der Waals surface area (Å²) in [5.74, 6) is 0.0371. The van der Waals surface area contributed by atoms with Gasteiger partial charge in [-0.25, -0.2) is 4.98 Å². The zero-order valence-corrected chi connectivity index (χ0v) is 19.8. The summed E-state index contributed by atoms with van der Waals surface area (Å²) in [5, 5.41) is 16.8. The molecule has 0 atom stereocenters. The fourth-order valence-corrected chi connectivity index (χ4v) is 4.51. The molecule has 0 radical (unpaired) electrons. The Morgan fingerprint density at radius 2 is 1.82 bits per heavy atom. The Kier molecular flexibility index (Phi) is 6.71. The fourth-order valence-electron chi connectivity index (χ4n) is 3.80. The van der Waals surface area contributed by atoms with Crippen LogP contribution in [0, 0.1) is 10.1 Å². The SMILES string of the molecule is CC(C)c1ccc(-c2csc(NC(=O)c3ccc(N4CCN(C)CC4)c([N+](=O)[O-])c3)n2)cc1. The van der Waals surface area contributed by atoms with Crippen LogP contribution in [0.5, 0.6) is 0 Å². The van der Waals surface area contributed by atoms with Gasteiger partial charge in [0, 0.05) is 48.8 Å². The number of amides is 1. The van der Waals surface area contributed by atoms with Gasteiger partial charge in [-0.2, -0.15) is 0 Å². The van der Waals surface area contributed by atoms with E-state index < -0.39 is 10.8 Å². The zero-order valence-electron chi connectivity index (χ0n) is 18.9. The van der Waals surface area contributed by atoms with Gasteiger partial charge in [-0.15, -0.1) is 11.3 Å². The number of rotatable bonds is 6. The van der Waals surface area contributed by atoms with E-state index in [1.165, 1.54) is 23.0 Å². The van der Waals surface area contributed by atoms with E-state index in [1.807, 2.05) is 29.5 Å². The Morgan fingerprint density at radius 1 is 1.12 bits per heavy atom. The predicted octanol–water partition coefficient (Wildman–Crippen LogP) is 4.85. The van der Waals surface area contributed by atoms with E-state index in [2.05, 4.69) is 41.2 Å². The average Bonchev–Trinajstić information content (AvgIpc) is 3.27. The minimum absolute atomic E-state index is 0.0581. The summed E-state index contributed by atoms with van der Waals surface area (Å²) in [4.78, 5) is 32.8. The number of aromatic nitrogens is 1. The molecular weight excluding hydrogens is 438 g/mol. The molecule has 9 heteroatoms. The van der Waals surface area contributed by atoms with Crippen molar-refractivity contribution in [1.82, 2.24) is 9.88 Å². The highest BCUT2D eigenvalue weighted by atomic mass is 32.1. The Bertz CT molecular complexity index is 1150. The lowest BCUT2D eigenvalue weighted by Crippen LogP contribution is -2.44. The number of benzene rings is 2. The summed E-state index contributed by atoms with van der Waals surface area (Å²) in [7, 11) is 2.03. The molecule has 172 valence electrons. The number of thiazole rings is 1. The third-order valence-corrected chi connectivity index (χ3v) is 6.63. The molecule has 1 N–H and O–H groups in total. The van der Waals surface area contributed by atoms with Crippen molar-refractivity contribution in [2.24, 2.45) is 0 Å². The second-order valence-electron chi connectivity index (χ2n) is 8.52. The minimum atomic E-state index is -0.424. The molecule has 0 bridgehead atoms. The van der Waals surface area contributed by atoms with E-state index in [0.717, 1.165) is 24.3 Å². The zero-order chi connectivity index (χ0) is 23.5. The van der Waals surface area contributed by atoms with Gasteiger partial charge in [-0.05, 0) is 30.7 Å². The number of nitro benzene ring substituents is 1. The summed E-state index contributed by atoms with van der Waals surface area (Å²) in [6, 6.07) is 12.9. The van der Waals surface area contributed by atoms with Gasteiger partial charge in [0.25, 0.3) is 11.6 Å². The molecule has 2 aromatic carbocycles. The maximum Gasteiger partial charge on any atom is 0.293 e. The second-order valence-corrected chi connectivity index (χ2v) is 9.38. The number of hydrogen-bond acceptors (Lipinski definition) is 7. The first-order valence-electron chi connectivity index (χ1n) is 10.9. The monoisotopic (exact) mass is 465 g/mol. The second kappa shape index (κ2) is 9.68. The first kappa shape index (κ1) is 22.9. The molecule has 0 saturated carbocycles. The lowest BCUT2D eigenvalue weighted by molar-refractivity contribution is -0.384. The average molecular weight is 466 g/mol. The van der Waals surface area contributed by atoms with Crippen LogP contribution in [0.2, 0.25) is 0 Å². The van der Waals surface area contributed by atoms with Crippen molar-refractivity contribution in [3.63, 3.8) is 0 Å². The van der Waals surface area contributed by atoms with Crippen LogP contribution >= 0.6 is 11.3 Å². The van der Waals surface area contributed by atoms with E-state index >= 15 is 0 Å². The van der Waals surface area contributed by atoms with E-state index in [0.29, 0.717) is 29.8 Å². The molecule has 4 rings (SSSR count). The largest absolute Gasteiger partial charge is 0.363 e. The fraction of sp³-hybridized carbons (Fsp3) is 0.333. The van der Waals surface area contributed by atoms with Crippen LogP contribution in [0.15, 0.2) is 47.8 Å². The molecule has 1 aromatic heterocycles. The Labute approximate surface area is 197 Å². The first-order valence-corrected chi connectivity index (χ1v) is 11.8. The predicted molar refractivity (Wildman–Crippen MR) is 132 cm³/mol. The van der Waals surface area contributed by atoms with Crippen LogP contribution < -0.4 is 10.2 Å². The molecule has 0 aliphatic carbocycles. The maximum atomic E-state index is 12.8. The Balaban J connectivity index is 1.49. The van der Waals surface area contributed by atoms with Crippen LogP contribution in [0.4, 0.5) is 16.5 Å². The van der Waals surface area contributed by atoms with Crippen LogP contribution in [0.25, 0.3) is 11.3 Å². The van der Waals surface area contributed by atoms with Gasteiger partial charge in [-0.3, -0.25) is 20.2 Å². The van der Waals surface area contributed by atoms with E-state index in [1.54, 1.807) is 12.1 Å². The molecule has 0 spiro atoms. The third-order valence-electron chi connectivity index (χ3n) is 5.88. The number of carbonyl (C=O) groups excluding carboxylic acids is 1. The molecule has 8 nitrogen and oxygen atoms in total. The Hall–Kier alpha value is -3.30. The summed E-state index contributed by atoms with van der Waals surface area (Å²) in [6.07, 6.45) is 0. The number of piperazine rings is 1. The summed E-state index contributed by atoms with van der Waals surface area (Å²) in [6.45, 7) is 7.39. The van der Waals surface area contributed by atoms with Crippen LogP contribution in [0.1, 0.15) is 35.7 Å². The summed E-state index contributed by atoms with van der Waals surface area (Å²) < 4.78 is 0. The normalized spacial score (nSPS) is 14.5. The lowest BCUT2D eigenvalue weighted by atomic mass is 10.0. The standard InChI is InChI=1S/C24H27N5O3S/c1-16(2)17-4-6-18(7-5-17)20-15-33-24(25-20)26-23(30)19-8-9-21(22(14-19)29(31)32)28-12-10-27(3)11-13-28/h4-9,14-16H,10-13H2,1-3H3,(H,25,26,30). The van der Waals surface area contributed by atoms with Gasteiger partial charge in [0.05, 0.1) is 10.6 Å². The number of carbonyl (C=O) groups is 1. The van der Waals surface area contributed by atoms with E-state index in [9.17, 15) is 14.9 Å². The van der Waals surface area contributed by atoms with Crippen LogP contribution in [-0.2, 0) is 0 Å². The summed E-state index contributed by atoms with van der Waals surface area (Å²) >= 11 is 1.32. The molecule has 1 fully saturated rings. The molecular formula is C24H27N5O3S. The van der Waals surface area contributed by atoms with Crippen molar-refractivity contribution in [2.75, 3.05) is 43.4 Å². The van der Waals surface area contributed by atoms with Crippen molar-refractivity contribution in [3.8, 4) is 11.3 Å². The highest BCUT2D eigenvalue weighted by molar-refractivity contribution is 7.14. The third kappa shape index (κ3) is 5.20. The Morgan fingerprint density at radius 3 is 2.45 bits per heavy atom. The van der Waals surface area contributed by atoms with Crippen LogP contribution in [-0.4, -0.2) is 53.9 Å². The number of nitro groups is 1. The summed E-state index contributed by atoms with van der Waals surface area (Å²) in [5.41, 5.74) is 3.73. The van der Waals surface area contributed by atoms with Crippen molar-refractivity contribution in [2.45, 2.75) is 19.8 Å². The number of anilines is 2. The van der Waals surface area contributed by atoms with Crippen molar-refractivity contribution >= 4 is 33.8 Å². The van der Waals surface area contributed by atoms with Gasteiger partial charge in [0.15, 0.2) is 5.13 Å². The molecule has 1 aliphatic rings. The van der Waals surface area contributed by atoms with Gasteiger partial charge in [0.1, 0.15) is 5.69 Å². The number of hydrogen-bond donors (Lipinski definition) is 1. The minimum Gasteiger partial charge on any atom is -0.363 e. The molecule has 0 unspecified atom stereocenters. The number of likely N-dealkylation sites (N-methyl/N-ethyl adjacent to an activating group) is 1. The van der Waals surface area contributed by atoms with Gasteiger partial charge in [0.2, 0.25) is 0 Å². The van der Waals surface area contributed by atoms with Crippen molar-refractivity contribution in [3.05, 3.63) is 69.1 Å². The molecule has 1 saturated heterocycles. The van der Waals surface area contributed by atoms with Crippen molar-refractivity contribution in [1.29, 1.82) is 0 Å². The van der Waals surface area contributed by atoms with E-state index in [-0.39, 0.29) is 11.3 Å². The van der Waals surface area contributed by atoms with Crippen LogP contribution in [0.3, 0.4) is 0 Å². The highest BCUT2D eigenvalue weighted by Crippen LogP contribution is 2.31. The topological polar surface area (TPSA) is 91.6 Å². The van der Waals surface area contributed by atoms with Gasteiger partial charge >= 0.3 is 0 Å². The molecule has 2 heterocycles. The molecule has 1 amide bonds.